The molecule has 0 bridgehead atoms. The highest BCUT2D eigenvalue weighted by Crippen LogP contribution is 2.19. The Morgan fingerprint density at radius 3 is 2.50 bits per heavy atom. The number of amides is 1. The molecular formula is C14H21ClN4O. The molecule has 5 nitrogen and oxygen atoms in total. The highest BCUT2D eigenvalue weighted by Gasteiger charge is 2.30. The van der Waals surface area contributed by atoms with Crippen LogP contribution < -0.4 is 5.32 Å². The van der Waals surface area contributed by atoms with Crippen LogP contribution in [-0.4, -0.2) is 60.0 Å². The van der Waals surface area contributed by atoms with Gasteiger partial charge in [0.2, 0.25) is 0 Å². The fourth-order valence-electron chi connectivity index (χ4n) is 2.50. The molecule has 0 saturated carbocycles. The molecule has 110 valence electrons. The number of piperazine rings is 1. The predicted molar refractivity (Wildman–Crippen MR) is 81.4 cm³/mol. The number of hydrogen-bond acceptors (Lipinski definition) is 4. The van der Waals surface area contributed by atoms with E-state index < -0.39 is 0 Å². The minimum atomic E-state index is 0.0117. The third kappa shape index (κ3) is 3.04. The minimum Gasteiger partial charge on any atom is -0.373 e. The van der Waals surface area contributed by atoms with Crippen LogP contribution in [0.3, 0.4) is 0 Å². The second-order valence-corrected chi connectivity index (χ2v) is 5.77. The van der Waals surface area contributed by atoms with Gasteiger partial charge in [-0.25, -0.2) is 4.98 Å². The number of pyridine rings is 1. The van der Waals surface area contributed by atoms with E-state index in [9.17, 15) is 4.79 Å². The first kappa shape index (κ1) is 15.1. The molecule has 0 radical (unpaired) electrons. The maximum atomic E-state index is 12.6. The molecule has 0 aliphatic carbocycles. The van der Waals surface area contributed by atoms with Crippen LogP contribution in [0.5, 0.6) is 0 Å². The van der Waals surface area contributed by atoms with Gasteiger partial charge >= 0.3 is 0 Å². The quantitative estimate of drug-likeness (QED) is 0.848. The Morgan fingerprint density at radius 1 is 1.35 bits per heavy atom. The number of nitrogens with zero attached hydrogens (tertiary/aromatic N) is 3. The summed E-state index contributed by atoms with van der Waals surface area (Å²) in [4.78, 5) is 20.9. The molecule has 1 saturated heterocycles. The van der Waals surface area contributed by atoms with Crippen molar-refractivity contribution >= 4 is 23.3 Å². The van der Waals surface area contributed by atoms with Crippen LogP contribution in [0.25, 0.3) is 0 Å². The molecule has 2 atom stereocenters. The monoisotopic (exact) mass is 296 g/mol. The molecule has 6 heteroatoms. The van der Waals surface area contributed by atoms with Crippen molar-refractivity contribution in [2.45, 2.75) is 25.9 Å². The second-order valence-electron chi connectivity index (χ2n) is 5.39. The number of halogens is 1. The van der Waals surface area contributed by atoms with E-state index in [1.54, 1.807) is 19.2 Å². The molecule has 0 aromatic carbocycles. The lowest BCUT2D eigenvalue weighted by Crippen LogP contribution is -2.56. The zero-order chi connectivity index (χ0) is 14.9. The number of nitrogens with one attached hydrogen (secondary N) is 1. The molecule has 1 aromatic rings. The molecule has 2 heterocycles. The van der Waals surface area contributed by atoms with Crippen LogP contribution in [-0.2, 0) is 0 Å². The topological polar surface area (TPSA) is 48.5 Å². The summed E-state index contributed by atoms with van der Waals surface area (Å²) in [5.41, 5.74) is 0.582. The molecule has 0 spiro atoms. The third-order valence-electron chi connectivity index (χ3n) is 3.94. The fraction of sp³-hybridized carbons (Fsp3) is 0.571. The summed E-state index contributed by atoms with van der Waals surface area (Å²) in [5, 5.41) is 3.25. The summed E-state index contributed by atoms with van der Waals surface area (Å²) in [6, 6.07) is 4.06. The van der Waals surface area contributed by atoms with Crippen molar-refractivity contribution in [3.63, 3.8) is 0 Å². The number of aromatic nitrogens is 1. The number of carbonyl (C=O) groups is 1. The van der Waals surface area contributed by atoms with Gasteiger partial charge < -0.3 is 10.2 Å². The van der Waals surface area contributed by atoms with Crippen LogP contribution in [0.1, 0.15) is 24.2 Å². The SMILES string of the molecule is CNc1cc(C(=O)N2CC(C)N(C)C(C)C2)cc(Cl)n1. The smallest absolute Gasteiger partial charge is 0.254 e. The molecule has 1 aromatic heterocycles. The Hall–Kier alpha value is -1.33. The van der Waals surface area contributed by atoms with E-state index in [0.29, 0.717) is 28.6 Å². The van der Waals surface area contributed by atoms with Gasteiger partial charge in [0.25, 0.3) is 5.91 Å². The van der Waals surface area contributed by atoms with E-state index in [4.69, 9.17) is 11.6 Å². The number of carbonyl (C=O) groups excluding carboxylic acids is 1. The lowest BCUT2D eigenvalue weighted by Gasteiger charge is -2.42. The van der Waals surface area contributed by atoms with Gasteiger partial charge in [-0.05, 0) is 33.0 Å². The van der Waals surface area contributed by atoms with Crippen LogP contribution in [0.2, 0.25) is 5.15 Å². The number of hydrogen-bond donors (Lipinski definition) is 1. The third-order valence-corrected chi connectivity index (χ3v) is 4.14. The molecule has 1 N–H and O–H groups in total. The summed E-state index contributed by atoms with van der Waals surface area (Å²) in [5.74, 6) is 0.619. The van der Waals surface area contributed by atoms with E-state index in [2.05, 4.69) is 36.1 Å². The Labute approximate surface area is 124 Å². The summed E-state index contributed by atoms with van der Waals surface area (Å²) in [6.07, 6.45) is 0. The molecule has 1 aliphatic heterocycles. The van der Waals surface area contributed by atoms with Gasteiger partial charge in [-0.1, -0.05) is 11.6 Å². The average molecular weight is 297 g/mol. The summed E-state index contributed by atoms with van der Waals surface area (Å²) in [6.45, 7) is 5.73. The average Bonchev–Trinajstić information content (AvgIpc) is 2.42. The Bertz CT molecular complexity index is 496. The van der Waals surface area contributed by atoms with Crippen LogP contribution >= 0.6 is 11.6 Å². The fourth-order valence-corrected chi connectivity index (χ4v) is 2.71. The first-order valence-corrected chi connectivity index (χ1v) is 7.16. The lowest BCUT2D eigenvalue weighted by atomic mass is 10.1. The van der Waals surface area contributed by atoms with Gasteiger partial charge in [0.15, 0.2) is 0 Å². The predicted octanol–water partition coefficient (Wildman–Crippen LogP) is 1.94. The highest BCUT2D eigenvalue weighted by molar-refractivity contribution is 6.29. The number of rotatable bonds is 2. The van der Waals surface area contributed by atoms with Crippen molar-refractivity contribution in [3.05, 3.63) is 22.8 Å². The lowest BCUT2D eigenvalue weighted by molar-refractivity contribution is 0.0414. The zero-order valence-corrected chi connectivity index (χ0v) is 13.1. The Balaban J connectivity index is 2.21. The van der Waals surface area contributed by atoms with Gasteiger partial charge in [-0.15, -0.1) is 0 Å². The van der Waals surface area contributed by atoms with E-state index in [1.165, 1.54) is 0 Å². The second kappa shape index (κ2) is 5.97. The number of anilines is 1. The van der Waals surface area contributed by atoms with Crippen molar-refractivity contribution in [2.24, 2.45) is 0 Å². The maximum absolute atomic E-state index is 12.6. The Kier molecular flexibility index (Phi) is 4.50. The minimum absolute atomic E-state index is 0.0117. The van der Waals surface area contributed by atoms with Gasteiger partial charge in [0.05, 0.1) is 0 Å². The van der Waals surface area contributed by atoms with Crippen molar-refractivity contribution in [3.8, 4) is 0 Å². The van der Waals surface area contributed by atoms with Gasteiger partial charge in [-0.3, -0.25) is 9.69 Å². The largest absolute Gasteiger partial charge is 0.373 e. The Morgan fingerprint density at radius 2 is 1.95 bits per heavy atom. The van der Waals surface area contributed by atoms with E-state index in [-0.39, 0.29) is 5.91 Å². The first-order valence-electron chi connectivity index (χ1n) is 6.79. The van der Waals surface area contributed by atoms with Crippen molar-refractivity contribution in [1.82, 2.24) is 14.8 Å². The zero-order valence-electron chi connectivity index (χ0n) is 12.4. The van der Waals surface area contributed by atoms with Gasteiger partial charge in [0, 0.05) is 37.8 Å². The van der Waals surface area contributed by atoms with Gasteiger partial charge in [-0.2, -0.15) is 0 Å². The first-order chi connectivity index (χ1) is 9.42. The summed E-state index contributed by atoms with van der Waals surface area (Å²) in [7, 11) is 3.85. The normalized spacial score (nSPS) is 23.8. The molecular weight excluding hydrogens is 276 g/mol. The standard InChI is InChI=1S/C14H21ClN4O/c1-9-7-19(8-10(2)18(9)4)14(20)11-5-12(15)17-13(6-11)16-3/h5-6,9-10H,7-8H2,1-4H3,(H,16,17). The van der Waals surface area contributed by atoms with Crippen molar-refractivity contribution < 1.29 is 4.79 Å². The molecule has 2 rings (SSSR count). The number of likely N-dealkylation sites (N-methyl/N-ethyl adjacent to an activating group) is 1. The van der Waals surface area contributed by atoms with Crippen LogP contribution in [0.4, 0.5) is 5.82 Å². The molecule has 2 unspecified atom stereocenters. The van der Waals surface area contributed by atoms with E-state index >= 15 is 0 Å². The molecule has 1 aliphatic rings. The maximum Gasteiger partial charge on any atom is 0.254 e. The molecule has 1 amide bonds. The molecule has 20 heavy (non-hydrogen) atoms. The summed E-state index contributed by atoms with van der Waals surface area (Å²) < 4.78 is 0. The highest BCUT2D eigenvalue weighted by atomic mass is 35.5. The van der Waals surface area contributed by atoms with E-state index in [0.717, 1.165) is 13.1 Å². The molecule has 1 fully saturated rings. The summed E-state index contributed by atoms with van der Waals surface area (Å²) >= 11 is 5.96. The van der Waals surface area contributed by atoms with Crippen LogP contribution in [0.15, 0.2) is 12.1 Å². The van der Waals surface area contributed by atoms with Crippen LogP contribution in [0, 0.1) is 0 Å². The van der Waals surface area contributed by atoms with Gasteiger partial charge in [0.1, 0.15) is 11.0 Å². The van der Waals surface area contributed by atoms with Crippen molar-refractivity contribution in [1.29, 1.82) is 0 Å². The van der Waals surface area contributed by atoms with Crippen molar-refractivity contribution in [2.75, 3.05) is 32.5 Å². The van der Waals surface area contributed by atoms with E-state index in [1.807, 2.05) is 4.90 Å².